The van der Waals surface area contributed by atoms with Gasteiger partial charge in [-0.3, -0.25) is 0 Å². The minimum Gasteiger partial charge on any atom is -0.306 e. The lowest BCUT2D eigenvalue weighted by molar-refractivity contribution is 0.582. The highest BCUT2D eigenvalue weighted by atomic mass is 32.1. The molecule has 0 amide bonds. The van der Waals surface area contributed by atoms with E-state index < -0.39 is 0 Å². The normalized spacial score (nSPS) is 12.6. The lowest BCUT2D eigenvalue weighted by Crippen LogP contribution is -2.24. The summed E-state index contributed by atoms with van der Waals surface area (Å²) in [5, 5.41) is 7.84. The summed E-state index contributed by atoms with van der Waals surface area (Å²) >= 11 is 1.70. The van der Waals surface area contributed by atoms with E-state index in [0.717, 1.165) is 24.1 Å². The Labute approximate surface area is 118 Å². The maximum atomic E-state index is 13.5. The summed E-state index contributed by atoms with van der Waals surface area (Å²) in [7, 11) is 0. The fourth-order valence-corrected chi connectivity index (χ4v) is 3.14. The van der Waals surface area contributed by atoms with Crippen LogP contribution in [0.2, 0.25) is 0 Å². The number of hydrogen-bond acceptors (Lipinski definition) is 2. The molecule has 1 unspecified atom stereocenters. The summed E-state index contributed by atoms with van der Waals surface area (Å²) in [6.07, 6.45) is 1.06. The van der Waals surface area contributed by atoms with E-state index in [1.54, 1.807) is 17.4 Å². The van der Waals surface area contributed by atoms with Crippen LogP contribution in [0, 0.1) is 19.7 Å². The molecule has 1 aromatic carbocycles. The summed E-state index contributed by atoms with van der Waals surface area (Å²) in [6, 6.07) is 5.12. The van der Waals surface area contributed by atoms with Crippen LogP contribution in [0.25, 0.3) is 0 Å². The van der Waals surface area contributed by atoms with Crippen molar-refractivity contribution in [1.29, 1.82) is 0 Å². The molecule has 0 spiro atoms. The third-order valence-corrected chi connectivity index (χ3v) is 4.24. The van der Waals surface area contributed by atoms with Crippen molar-refractivity contribution in [2.45, 2.75) is 33.2 Å². The van der Waals surface area contributed by atoms with Crippen molar-refractivity contribution >= 4 is 11.3 Å². The monoisotopic (exact) mass is 277 g/mol. The Morgan fingerprint density at radius 2 is 1.95 bits per heavy atom. The molecule has 2 aromatic rings. The molecule has 0 aliphatic carbocycles. The second kappa shape index (κ2) is 6.31. The predicted molar refractivity (Wildman–Crippen MR) is 80.3 cm³/mol. The number of aryl methyl sites for hydroxylation is 2. The molecule has 1 aromatic heterocycles. The van der Waals surface area contributed by atoms with E-state index in [2.05, 4.69) is 29.9 Å². The first kappa shape index (κ1) is 14.2. The second-order valence-electron chi connectivity index (χ2n) is 4.90. The molecule has 1 nitrogen and oxygen atoms in total. The number of hydrogen-bond donors (Lipinski definition) is 1. The molecule has 102 valence electrons. The highest BCUT2D eigenvalue weighted by molar-refractivity contribution is 7.08. The number of rotatable bonds is 5. The van der Waals surface area contributed by atoms with Crippen molar-refractivity contribution in [2.24, 2.45) is 0 Å². The van der Waals surface area contributed by atoms with Crippen molar-refractivity contribution < 1.29 is 4.39 Å². The topological polar surface area (TPSA) is 12.0 Å². The summed E-state index contributed by atoms with van der Waals surface area (Å²) in [6.45, 7) is 7.22. The molecule has 0 aliphatic rings. The zero-order valence-corrected chi connectivity index (χ0v) is 12.5. The molecule has 0 radical (unpaired) electrons. The van der Waals surface area contributed by atoms with E-state index in [1.807, 2.05) is 13.0 Å². The molecule has 0 fully saturated rings. The van der Waals surface area contributed by atoms with Crippen LogP contribution in [0.3, 0.4) is 0 Å². The Bertz CT molecular complexity index is 547. The van der Waals surface area contributed by atoms with Gasteiger partial charge in [0.15, 0.2) is 0 Å². The zero-order valence-electron chi connectivity index (χ0n) is 11.7. The van der Waals surface area contributed by atoms with Gasteiger partial charge in [-0.2, -0.15) is 11.3 Å². The third-order valence-electron chi connectivity index (χ3n) is 3.36. The number of benzene rings is 1. The highest BCUT2D eigenvalue weighted by Crippen LogP contribution is 2.30. The molecule has 2 rings (SSSR count). The third kappa shape index (κ3) is 3.23. The zero-order chi connectivity index (χ0) is 13.8. The van der Waals surface area contributed by atoms with E-state index in [0.29, 0.717) is 0 Å². The van der Waals surface area contributed by atoms with Crippen LogP contribution in [-0.2, 0) is 0 Å². The van der Waals surface area contributed by atoms with Gasteiger partial charge in [0.25, 0.3) is 0 Å². The van der Waals surface area contributed by atoms with Crippen LogP contribution in [0.1, 0.15) is 41.6 Å². The van der Waals surface area contributed by atoms with Gasteiger partial charge in [-0.25, -0.2) is 4.39 Å². The molecule has 0 bridgehead atoms. The molecular formula is C16H20FNS. The molecule has 3 heteroatoms. The fraction of sp³-hybridized carbons (Fsp3) is 0.375. The Balaban J connectivity index is 2.42. The van der Waals surface area contributed by atoms with Gasteiger partial charge < -0.3 is 5.32 Å². The molecule has 0 aliphatic heterocycles. The minimum absolute atomic E-state index is 0.0851. The van der Waals surface area contributed by atoms with Crippen LogP contribution >= 0.6 is 11.3 Å². The quantitative estimate of drug-likeness (QED) is 0.842. The van der Waals surface area contributed by atoms with Gasteiger partial charge in [0.05, 0.1) is 6.04 Å². The van der Waals surface area contributed by atoms with Crippen LogP contribution in [-0.4, -0.2) is 6.54 Å². The maximum Gasteiger partial charge on any atom is 0.123 e. The number of halogens is 1. The van der Waals surface area contributed by atoms with Crippen LogP contribution in [0.5, 0.6) is 0 Å². The molecule has 19 heavy (non-hydrogen) atoms. The van der Waals surface area contributed by atoms with Crippen molar-refractivity contribution in [3.8, 4) is 0 Å². The van der Waals surface area contributed by atoms with Crippen molar-refractivity contribution in [1.82, 2.24) is 5.32 Å². The van der Waals surface area contributed by atoms with Gasteiger partial charge in [-0.05, 0) is 72.0 Å². The lowest BCUT2D eigenvalue weighted by atomic mass is 9.94. The first-order chi connectivity index (χ1) is 9.13. The Morgan fingerprint density at radius 3 is 2.58 bits per heavy atom. The predicted octanol–water partition coefficient (Wildman–Crippen LogP) is 4.59. The van der Waals surface area contributed by atoms with E-state index in [9.17, 15) is 4.39 Å². The van der Waals surface area contributed by atoms with Crippen LogP contribution in [0.15, 0.2) is 29.0 Å². The number of nitrogens with one attached hydrogen (secondary N) is 1. The summed E-state index contributed by atoms with van der Waals surface area (Å²) < 4.78 is 13.5. The van der Waals surface area contributed by atoms with Crippen molar-refractivity contribution in [2.75, 3.05) is 6.54 Å². The Hall–Kier alpha value is -1.19. The summed E-state index contributed by atoms with van der Waals surface area (Å²) in [4.78, 5) is 0. The van der Waals surface area contributed by atoms with E-state index in [-0.39, 0.29) is 11.9 Å². The molecular weight excluding hydrogens is 257 g/mol. The minimum atomic E-state index is -0.170. The van der Waals surface area contributed by atoms with Crippen molar-refractivity contribution in [3.05, 3.63) is 57.0 Å². The van der Waals surface area contributed by atoms with E-state index in [4.69, 9.17) is 0 Å². The SMILES string of the molecule is CCCNC(c1cscc1C)c1cc(F)ccc1C. The average Bonchev–Trinajstić information content (AvgIpc) is 2.80. The van der Waals surface area contributed by atoms with Gasteiger partial charge in [-0.1, -0.05) is 13.0 Å². The molecule has 0 saturated heterocycles. The van der Waals surface area contributed by atoms with Crippen molar-refractivity contribution in [3.63, 3.8) is 0 Å². The molecule has 1 atom stereocenters. The average molecular weight is 277 g/mol. The Morgan fingerprint density at radius 1 is 1.16 bits per heavy atom. The first-order valence-corrected chi connectivity index (χ1v) is 7.60. The summed E-state index contributed by atoms with van der Waals surface area (Å²) in [5.74, 6) is -0.170. The number of thiophene rings is 1. The van der Waals surface area contributed by atoms with Gasteiger partial charge in [0.2, 0.25) is 0 Å². The molecule has 1 N–H and O–H groups in total. The van der Waals surface area contributed by atoms with E-state index >= 15 is 0 Å². The van der Waals surface area contributed by atoms with Gasteiger partial charge in [0.1, 0.15) is 5.82 Å². The molecule has 1 heterocycles. The van der Waals surface area contributed by atoms with Crippen LogP contribution in [0.4, 0.5) is 4.39 Å². The lowest BCUT2D eigenvalue weighted by Gasteiger charge is -2.21. The fourth-order valence-electron chi connectivity index (χ4n) is 2.26. The first-order valence-electron chi connectivity index (χ1n) is 6.65. The van der Waals surface area contributed by atoms with Gasteiger partial charge in [0, 0.05) is 0 Å². The van der Waals surface area contributed by atoms with Gasteiger partial charge >= 0.3 is 0 Å². The second-order valence-corrected chi connectivity index (χ2v) is 5.64. The highest BCUT2D eigenvalue weighted by Gasteiger charge is 2.18. The van der Waals surface area contributed by atoms with Gasteiger partial charge in [-0.15, -0.1) is 0 Å². The summed E-state index contributed by atoms with van der Waals surface area (Å²) in [5.41, 5.74) is 4.69. The smallest absolute Gasteiger partial charge is 0.123 e. The Kier molecular flexibility index (Phi) is 4.72. The molecule has 0 saturated carbocycles. The van der Waals surface area contributed by atoms with Crippen LogP contribution < -0.4 is 5.32 Å². The largest absolute Gasteiger partial charge is 0.306 e. The standard InChI is InChI=1S/C16H20FNS/c1-4-7-18-16(15-10-19-9-12(15)3)14-8-13(17)6-5-11(14)2/h5-6,8-10,16,18H,4,7H2,1-3H3. The van der Waals surface area contributed by atoms with E-state index in [1.165, 1.54) is 17.2 Å². The maximum absolute atomic E-state index is 13.5.